The van der Waals surface area contributed by atoms with E-state index in [1.807, 2.05) is 0 Å². The Morgan fingerprint density at radius 2 is 1.94 bits per heavy atom. The summed E-state index contributed by atoms with van der Waals surface area (Å²) in [6.45, 7) is 0.969. The van der Waals surface area contributed by atoms with Crippen molar-refractivity contribution in [3.05, 3.63) is 11.6 Å². The van der Waals surface area contributed by atoms with Crippen LogP contribution in [0, 0.1) is 5.92 Å². The maximum absolute atomic E-state index is 6.20. The Kier molecular flexibility index (Phi) is 3.76. The zero-order valence-corrected chi connectivity index (χ0v) is 11.5. The molecule has 2 N–H and O–H groups in total. The van der Waals surface area contributed by atoms with Crippen molar-refractivity contribution in [1.29, 1.82) is 0 Å². The fourth-order valence-corrected chi connectivity index (χ4v) is 4.21. The van der Waals surface area contributed by atoms with Crippen LogP contribution in [0.2, 0.25) is 0 Å². The minimum Gasteiger partial charge on any atom is -0.375 e. The molecule has 2 heteroatoms. The number of hydrogen-bond donors (Lipinski definition) is 1. The molecule has 3 aliphatic rings. The molecule has 3 rings (SSSR count). The molecule has 1 saturated carbocycles. The first-order valence-corrected chi connectivity index (χ1v) is 7.88. The largest absolute Gasteiger partial charge is 0.375 e. The van der Waals surface area contributed by atoms with Crippen LogP contribution < -0.4 is 5.73 Å². The van der Waals surface area contributed by atoms with Gasteiger partial charge in [0.1, 0.15) is 0 Å². The van der Waals surface area contributed by atoms with Gasteiger partial charge in [-0.2, -0.15) is 0 Å². The maximum Gasteiger partial charge on any atom is 0.0688 e. The molecule has 0 aromatic carbocycles. The van der Waals surface area contributed by atoms with Gasteiger partial charge >= 0.3 is 0 Å². The zero-order valence-electron chi connectivity index (χ0n) is 11.5. The van der Waals surface area contributed by atoms with Crippen LogP contribution in [0.5, 0.6) is 0 Å². The first-order chi connectivity index (χ1) is 8.77. The van der Waals surface area contributed by atoms with Gasteiger partial charge in [0, 0.05) is 12.6 Å². The topological polar surface area (TPSA) is 35.2 Å². The second kappa shape index (κ2) is 5.34. The molecular formula is C16H27NO. The SMILES string of the molecule is NC1C=C(C2CCOC3(CCCCC3)C2)CCC1. The highest BCUT2D eigenvalue weighted by atomic mass is 16.5. The Morgan fingerprint density at radius 1 is 1.11 bits per heavy atom. The monoisotopic (exact) mass is 249 g/mol. The average molecular weight is 249 g/mol. The van der Waals surface area contributed by atoms with Gasteiger partial charge in [-0.3, -0.25) is 0 Å². The van der Waals surface area contributed by atoms with Crippen LogP contribution >= 0.6 is 0 Å². The van der Waals surface area contributed by atoms with E-state index in [-0.39, 0.29) is 5.60 Å². The maximum atomic E-state index is 6.20. The second-order valence-corrected chi connectivity index (χ2v) is 6.58. The summed E-state index contributed by atoms with van der Waals surface area (Å²) in [6, 6.07) is 0.318. The molecule has 2 aliphatic carbocycles. The van der Waals surface area contributed by atoms with Crippen molar-refractivity contribution in [1.82, 2.24) is 0 Å². The highest BCUT2D eigenvalue weighted by Crippen LogP contribution is 2.44. The highest BCUT2D eigenvalue weighted by Gasteiger charge is 2.39. The van der Waals surface area contributed by atoms with E-state index in [2.05, 4.69) is 6.08 Å². The van der Waals surface area contributed by atoms with Gasteiger partial charge in [-0.1, -0.05) is 30.9 Å². The molecule has 1 heterocycles. The molecule has 1 saturated heterocycles. The lowest BCUT2D eigenvalue weighted by Crippen LogP contribution is -2.42. The molecule has 0 bridgehead atoms. The Balaban J connectivity index is 1.69. The minimum atomic E-state index is 0.240. The molecule has 2 nitrogen and oxygen atoms in total. The normalized spacial score (nSPS) is 36.4. The summed E-state index contributed by atoms with van der Waals surface area (Å²) in [6.07, 6.45) is 15.3. The molecule has 0 aromatic rings. The summed E-state index contributed by atoms with van der Waals surface area (Å²) in [4.78, 5) is 0. The standard InChI is InChI=1S/C16H27NO/c17-15-6-4-5-13(11-15)14-7-10-18-16(12-14)8-2-1-3-9-16/h11,14-15H,1-10,12,17H2. The summed E-state index contributed by atoms with van der Waals surface area (Å²) >= 11 is 0. The summed E-state index contributed by atoms with van der Waals surface area (Å²) in [5.41, 5.74) is 7.99. The van der Waals surface area contributed by atoms with Crippen LogP contribution in [0.1, 0.15) is 64.2 Å². The summed E-state index contributed by atoms with van der Waals surface area (Å²) < 4.78 is 6.20. The first-order valence-electron chi connectivity index (χ1n) is 7.88. The minimum absolute atomic E-state index is 0.240. The zero-order chi connectivity index (χ0) is 12.4. The molecule has 102 valence electrons. The number of allylic oxidation sites excluding steroid dienone is 1. The van der Waals surface area contributed by atoms with Gasteiger partial charge in [-0.05, 0) is 50.9 Å². The third-order valence-corrected chi connectivity index (χ3v) is 5.21. The molecule has 18 heavy (non-hydrogen) atoms. The van der Waals surface area contributed by atoms with Crippen LogP contribution in [0.25, 0.3) is 0 Å². The Morgan fingerprint density at radius 3 is 2.72 bits per heavy atom. The summed E-state index contributed by atoms with van der Waals surface area (Å²) in [7, 11) is 0. The van der Waals surface area contributed by atoms with E-state index in [1.165, 1.54) is 64.2 Å². The predicted octanol–water partition coefficient (Wildman–Crippen LogP) is 3.55. The van der Waals surface area contributed by atoms with Crippen LogP contribution in [-0.4, -0.2) is 18.2 Å². The third-order valence-electron chi connectivity index (χ3n) is 5.21. The number of hydrogen-bond acceptors (Lipinski definition) is 2. The fraction of sp³-hybridized carbons (Fsp3) is 0.875. The number of rotatable bonds is 1. The molecule has 1 aliphatic heterocycles. The fourth-order valence-electron chi connectivity index (χ4n) is 4.21. The van der Waals surface area contributed by atoms with Crippen LogP contribution in [0.3, 0.4) is 0 Å². The van der Waals surface area contributed by atoms with Crippen molar-refractivity contribution in [2.45, 2.75) is 75.9 Å². The van der Waals surface area contributed by atoms with Gasteiger partial charge in [-0.25, -0.2) is 0 Å². The van der Waals surface area contributed by atoms with Crippen molar-refractivity contribution < 1.29 is 4.74 Å². The summed E-state index contributed by atoms with van der Waals surface area (Å²) in [5, 5.41) is 0. The van der Waals surface area contributed by atoms with Gasteiger partial charge in [0.2, 0.25) is 0 Å². The van der Waals surface area contributed by atoms with Crippen molar-refractivity contribution in [3.63, 3.8) is 0 Å². The van der Waals surface area contributed by atoms with Crippen LogP contribution in [0.4, 0.5) is 0 Å². The van der Waals surface area contributed by atoms with Gasteiger partial charge < -0.3 is 10.5 Å². The van der Waals surface area contributed by atoms with E-state index >= 15 is 0 Å². The van der Waals surface area contributed by atoms with E-state index in [0.717, 1.165) is 12.5 Å². The van der Waals surface area contributed by atoms with Crippen LogP contribution in [0.15, 0.2) is 11.6 Å². The summed E-state index contributed by atoms with van der Waals surface area (Å²) in [5.74, 6) is 0.767. The highest BCUT2D eigenvalue weighted by molar-refractivity contribution is 5.15. The van der Waals surface area contributed by atoms with Crippen molar-refractivity contribution >= 4 is 0 Å². The Bertz CT molecular complexity index is 312. The van der Waals surface area contributed by atoms with Gasteiger partial charge in [0.15, 0.2) is 0 Å². The lowest BCUT2D eigenvalue weighted by atomic mass is 9.72. The average Bonchev–Trinajstić information content (AvgIpc) is 2.40. The van der Waals surface area contributed by atoms with E-state index in [4.69, 9.17) is 10.5 Å². The van der Waals surface area contributed by atoms with Crippen molar-refractivity contribution in [2.24, 2.45) is 11.7 Å². The van der Waals surface area contributed by atoms with Gasteiger partial charge in [0.25, 0.3) is 0 Å². The van der Waals surface area contributed by atoms with E-state index in [1.54, 1.807) is 5.57 Å². The molecule has 0 amide bonds. The Hall–Kier alpha value is -0.340. The van der Waals surface area contributed by atoms with E-state index in [0.29, 0.717) is 6.04 Å². The number of ether oxygens (including phenoxy) is 1. The molecule has 2 unspecified atom stereocenters. The van der Waals surface area contributed by atoms with E-state index < -0.39 is 0 Å². The second-order valence-electron chi connectivity index (χ2n) is 6.58. The lowest BCUT2D eigenvalue weighted by molar-refractivity contribution is -0.112. The lowest BCUT2D eigenvalue weighted by Gasteiger charge is -2.44. The van der Waals surface area contributed by atoms with Gasteiger partial charge in [0.05, 0.1) is 5.60 Å². The van der Waals surface area contributed by atoms with Crippen LogP contribution in [-0.2, 0) is 4.74 Å². The molecule has 0 radical (unpaired) electrons. The molecule has 2 fully saturated rings. The number of nitrogens with two attached hydrogens (primary N) is 1. The Labute approximate surface area is 111 Å². The quantitative estimate of drug-likeness (QED) is 0.721. The first kappa shape index (κ1) is 12.7. The molecule has 1 spiro atoms. The molecular weight excluding hydrogens is 222 g/mol. The van der Waals surface area contributed by atoms with Crippen molar-refractivity contribution in [2.75, 3.05) is 6.61 Å². The van der Waals surface area contributed by atoms with Crippen molar-refractivity contribution in [3.8, 4) is 0 Å². The van der Waals surface area contributed by atoms with E-state index in [9.17, 15) is 0 Å². The molecule has 2 atom stereocenters. The predicted molar refractivity (Wildman–Crippen MR) is 74.4 cm³/mol. The molecule has 0 aromatic heterocycles. The smallest absolute Gasteiger partial charge is 0.0688 e. The van der Waals surface area contributed by atoms with Gasteiger partial charge in [-0.15, -0.1) is 0 Å². The third kappa shape index (κ3) is 2.65.